The summed E-state index contributed by atoms with van der Waals surface area (Å²) in [5.41, 5.74) is 2.07. The minimum absolute atomic E-state index is 0.0203. The Morgan fingerprint density at radius 2 is 1.54 bits per heavy atom. The quantitative estimate of drug-likeness (QED) is 0.252. The molecule has 15 heteroatoms. The van der Waals surface area contributed by atoms with Gasteiger partial charge in [-0.3, -0.25) is 33.4 Å². The normalized spacial score (nSPS) is 17.0. The fraction of sp³-hybridized carbons (Fsp3) is 0.161. The van der Waals surface area contributed by atoms with Gasteiger partial charge in [0.05, 0.1) is 15.2 Å². The number of benzene rings is 2. The van der Waals surface area contributed by atoms with E-state index in [0.717, 1.165) is 48.7 Å². The van der Waals surface area contributed by atoms with Gasteiger partial charge in [-0.2, -0.15) is 0 Å². The second-order valence-corrected chi connectivity index (χ2v) is 13.7. The van der Waals surface area contributed by atoms with Gasteiger partial charge in [0, 0.05) is 23.4 Å². The lowest BCUT2D eigenvalue weighted by Crippen LogP contribution is -2.36. The standard InChI is InChI=1S/C31H25N3O8S4/c1-17(18-8-3-2-4-9-18)19(29-32(13-7-12-23(35)36)20-10-5-6-11-21(20)44-29)14-22-27(41)33(15-24(37)38)30(45-22)26-28(42)34(16-25(39)40)31(43)46-26/h2-6,8-11,14H,1,7,12-13,15-16H2,(H,35,36)(H,37,38)(H,39,40)/b22-14+,29-19-,30-26-. The monoisotopic (exact) mass is 695 g/mol. The molecule has 0 saturated carbocycles. The summed E-state index contributed by atoms with van der Waals surface area (Å²) < 4.78 is 1.11. The molecule has 0 spiro atoms. The Hall–Kier alpha value is -4.44. The van der Waals surface area contributed by atoms with Crippen molar-refractivity contribution in [1.29, 1.82) is 0 Å². The molecular formula is C31H25N3O8S4. The molecule has 2 aromatic carbocycles. The lowest BCUT2D eigenvalue weighted by Gasteiger charge is -2.23. The number of carboxylic acids is 3. The minimum Gasteiger partial charge on any atom is -0.481 e. The number of thiazole rings is 1. The lowest BCUT2D eigenvalue weighted by molar-refractivity contribution is -0.140. The zero-order valence-electron chi connectivity index (χ0n) is 23.9. The Balaban J connectivity index is 1.76. The van der Waals surface area contributed by atoms with Gasteiger partial charge in [0.2, 0.25) is 0 Å². The number of para-hydroxylation sites is 1. The maximum absolute atomic E-state index is 13.9. The number of aliphatic carboxylic acids is 3. The third kappa shape index (κ3) is 6.87. The minimum atomic E-state index is -1.31. The molecule has 1 amide bonds. The van der Waals surface area contributed by atoms with E-state index < -0.39 is 42.5 Å². The topological polar surface area (TPSA) is 157 Å². The number of allylic oxidation sites excluding steroid dienone is 2. The number of fused-ring (bicyclic) bond motifs is 1. The molecular weight excluding hydrogens is 671 g/mol. The average Bonchev–Trinajstić information content (AvgIpc) is 3.62. The first-order valence-electron chi connectivity index (χ1n) is 13.6. The summed E-state index contributed by atoms with van der Waals surface area (Å²) in [5.74, 6) is -4.25. The Bertz CT molecular complexity index is 2020. The van der Waals surface area contributed by atoms with Crippen LogP contribution in [0.4, 0.5) is 5.69 Å². The fourth-order valence-electron chi connectivity index (χ4n) is 4.82. The first-order valence-corrected chi connectivity index (χ1v) is 16.5. The van der Waals surface area contributed by atoms with E-state index in [-0.39, 0.29) is 24.8 Å². The number of hydrogen-bond donors (Lipinski definition) is 3. The van der Waals surface area contributed by atoms with Gasteiger partial charge >= 0.3 is 17.9 Å². The van der Waals surface area contributed by atoms with Gasteiger partial charge in [0.15, 0.2) is 0 Å². The largest absolute Gasteiger partial charge is 0.481 e. The highest BCUT2D eigenvalue weighted by molar-refractivity contribution is 8.30. The van der Waals surface area contributed by atoms with Crippen molar-refractivity contribution >= 4 is 97.5 Å². The number of anilines is 1. The Kier molecular flexibility index (Phi) is 9.96. The number of nitrogens with zero attached hydrogens (tertiary/aromatic N) is 3. The summed E-state index contributed by atoms with van der Waals surface area (Å²) in [4.78, 5) is 65.4. The van der Waals surface area contributed by atoms with Crippen molar-refractivity contribution < 1.29 is 34.5 Å². The van der Waals surface area contributed by atoms with Crippen LogP contribution < -0.4 is 19.7 Å². The predicted octanol–water partition coefficient (Wildman–Crippen LogP) is 3.23. The number of carbonyl (C=O) groups is 4. The zero-order valence-corrected chi connectivity index (χ0v) is 27.1. The number of aromatic nitrogens is 1. The van der Waals surface area contributed by atoms with Crippen molar-refractivity contribution in [2.75, 3.05) is 18.0 Å². The van der Waals surface area contributed by atoms with E-state index in [9.17, 15) is 39.3 Å². The summed E-state index contributed by atoms with van der Waals surface area (Å²) in [6, 6.07) is 16.9. The van der Waals surface area contributed by atoms with Crippen LogP contribution in [0.3, 0.4) is 0 Å². The first-order chi connectivity index (χ1) is 22.0. The smallest absolute Gasteiger partial charge is 0.323 e. The number of carbonyl (C=O) groups excluding carboxylic acids is 1. The summed E-state index contributed by atoms with van der Waals surface area (Å²) in [6.45, 7) is 3.30. The van der Waals surface area contributed by atoms with Crippen LogP contribution in [0.25, 0.3) is 16.6 Å². The van der Waals surface area contributed by atoms with Gasteiger partial charge in [0.1, 0.15) is 27.0 Å². The van der Waals surface area contributed by atoms with Gasteiger partial charge in [-0.15, -0.1) is 11.3 Å². The van der Waals surface area contributed by atoms with Crippen molar-refractivity contribution in [2.45, 2.75) is 24.3 Å². The molecule has 11 nitrogen and oxygen atoms in total. The van der Waals surface area contributed by atoms with E-state index in [1.165, 1.54) is 11.8 Å². The summed E-state index contributed by atoms with van der Waals surface area (Å²) in [6.07, 6.45) is 1.91. The molecule has 3 N–H and O–H groups in total. The van der Waals surface area contributed by atoms with Crippen LogP contribution in [-0.2, 0) is 25.7 Å². The van der Waals surface area contributed by atoms with Gasteiger partial charge in [-0.1, -0.05) is 84.8 Å². The molecule has 3 aromatic rings. The maximum atomic E-state index is 13.9. The third-order valence-electron chi connectivity index (χ3n) is 6.87. The summed E-state index contributed by atoms with van der Waals surface area (Å²) in [7, 11) is 0. The number of rotatable bonds is 11. The highest BCUT2D eigenvalue weighted by Gasteiger charge is 2.36. The Morgan fingerprint density at radius 3 is 2.22 bits per heavy atom. The van der Waals surface area contributed by atoms with E-state index in [1.807, 2.05) is 59.5 Å². The summed E-state index contributed by atoms with van der Waals surface area (Å²) >= 11 is 8.37. The van der Waals surface area contributed by atoms with Gasteiger partial charge in [-0.25, -0.2) is 0 Å². The van der Waals surface area contributed by atoms with Crippen LogP contribution >= 0.6 is 47.1 Å². The molecule has 0 radical (unpaired) electrons. The van der Waals surface area contributed by atoms with E-state index in [4.69, 9.17) is 12.2 Å². The molecule has 46 heavy (non-hydrogen) atoms. The van der Waals surface area contributed by atoms with Crippen molar-refractivity contribution in [2.24, 2.45) is 0 Å². The van der Waals surface area contributed by atoms with Gasteiger partial charge < -0.3 is 20.2 Å². The van der Waals surface area contributed by atoms with Crippen LogP contribution in [0.15, 0.2) is 81.5 Å². The number of thiocarbonyl (C=S) groups is 1. The fourth-order valence-corrected chi connectivity index (χ4v) is 8.54. The van der Waals surface area contributed by atoms with E-state index in [0.29, 0.717) is 29.1 Å². The van der Waals surface area contributed by atoms with Crippen molar-refractivity contribution in [3.8, 4) is 0 Å². The molecule has 5 rings (SSSR count). The molecule has 1 saturated heterocycles. The predicted molar refractivity (Wildman–Crippen MR) is 182 cm³/mol. The van der Waals surface area contributed by atoms with Crippen LogP contribution in [0.5, 0.6) is 0 Å². The van der Waals surface area contributed by atoms with E-state index in [2.05, 4.69) is 6.58 Å². The van der Waals surface area contributed by atoms with Gasteiger partial charge in [0.25, 0.3) is 11.5 Å². The summed E-state index contributed by atoms with van der Waals surface area (Å²) in [5, 5.41) is 28.9. The second-order valence-electron chi connectivity index (χ2n) is 9.97. The number of amides is 1. The number of hydrogen-bond acceptors (Lipinski definition) is 10. The highest BCUT2D eigenvalue weighted by atomic mass is 32.2. The molecule has 0 bridgehead atoms. The number of carboxylic acid groups (broad SMARTS) is 3. The second kappa shape index (κ2) is 13.9. The molecule has 236 valence electrons. The Morgan fingerprint density at radius 1 is 0.870 bits per heavy atom. The average molecular weight is 696 g/mol. The molecule has 0 unspecified atom stereocenters. The van der Waals surface area contributed by atoms with Crippen molar-refractivity contribution in [3.05, 3.63) is 96.9 Å². The highest BCUT2D eigenvalue weighted by Crippen LogP contribution is 2.49. The molecule has 0 aliphatic carbocycles. The number of thioether (sulfide) groups is 2. The molecule has 2 aliphatic heterocycles. The SMILES string of the molecule is C=C(C(/C=c1/s/c(=C2\SC(=S)N(CC(=O)O)C2=O)n(CC(=O)O)c1=O)=C1\Sc2ccccc2N1CCCC(=O)O)c1ccccc1. The van der Waals surface area contributed by atoms with Crippen molar-refractivity contribution in [3.63, 3.8) is 0 Å². The van der Waals surface area contributed by atoms with E-state index >= 15 is 0 Å². The van der Waals surface area contributed by atoms with Crippen molar-refractivity contribution in [1.82, 2.24) is 9.47 Å². The van der Waals surface area contributed by atoms with Gasteiger partial charge in [-0.05, 0) is 35.8 Å². The third-order valence-corrected chi connectivity index (χ3v) is 10.8. The zero-order chi connectivity index (χ0) is 33.1. The molecule has 1 aromatic heterocycles. The Labute approximate surface area is 279 Å². The maximum Gasteiger partial charge on any atom is 0.323 e. The molecule has 1 fully saturated rings. The molecule has 3 heterocycles. The van der Waals surface area contributed by atoms with Crippen LogP contribution in [-0.4, -0.2) is 66.0 Å². The molecule has 0 atom stereocenters. The lowest BCUT2D eigenvalue weighted by atomic mass is 9.99. The van der Waals surface area contributed by atoms with Crippen LogP contribution in [0, 0.1) is 0 Å². The van der Waals surface area contributed by atoms with Crippen LogP contribution in [0.2, 0.25) is 0 Å². The van der Waals surface area contributed by atoms with E-state index in [1.54, 1.807) is 6.08 Å². The van der Waals surface area contributed by atoms with Crippen LogP contribution in [0.1, 0.15) is 18.4 Å². The first kappa shape index (κ1) is 32.9. The molecule has 2 aliphatic rings.